The van der Waals surface area contributed by atoms with Crippen molar-refractivity contribution in [2.75, 3.05) is 0 Å². The summed E-state index contributed by atoms with van der Waals surface area (Å²) in [4.78, 5) is 0. The van der Waals surface area contributed by atoms with Crippen molar-refractivity contribution in [3.8, 4) is 0 Å². The zero-order valence-corrected chi connectivity index (χ0v) is 7.79. The minimum Gasteiger partial charge on any atom is -0.159 e. The molecule has 0 bridgehead atoms. The van der Waals surface area contributed by atoms with E-state index in [0.717, 1.165) is 4.34 Å². The number of nitrogens with zero attached hydrogens (tertiary/aromatic N) is 2. The molecule has 0 radical (unpaired) electrons. The maximum atomic E-state index is 5.47. The number of rotatable bonds is 0. The molecule has 0 saturated heterocycles. The number of hydrogen-bond donors (Lipinski definition) is 0. The molecule has 0 atom stereocenters. The molecule has 0 amide bonds. The van der Waals surface area contributed by atoms with Crippen molar-refractivity contribution in [1.82, 2.24) is 10.2 Å². The van der Waals surface area contributed by atoms with Crippen LogP contribution in [-0.4, -0.2) is 10.2 Å². The highest BCUT2D eigenvalue weighted by Crippen LogP contribution is 2.13. The van der Waals surface area contributed by atoms with Gasteiger partial charge in [-0.15, -0.1) is 11.3 Å². The van der Waals surface area contributed by atoms with E-state index in [2.05, 4.69) is 10.2 Å². The van der Waals surface area contributed by atoms with Crippen LogP contribution in [0.1, 0.15) is 0 Å². The van der Waals surface area contributed by atoms with Crippen LogP contribution in [0.5, 0.6) is 0 Å². The van der Waals surface area contributed by atoms with Crippen molar-refractivity contribution >= 4 is 22.9 Å². The average Bonchev–Trinajstić information content (AvgIpc) is 2.60. The molecule has 2 aromatic rings. The molecule has 12 heavy (non-hydrogen) atoms. The van der Waals surface area contributed by atoms with Crippen LogP contribution >= 0.6 is 22.9 Å². The first-order valence-corrected chi connectivity index (χ1v) is 4.56. The van der Waals surface area contributed by atoms with Gasteiger partial charge in [0.2, 0.25) is 0 Å². The molecule has 0 unspecified atom stereocenters. The van der Waals surface area contributed by atoms with Crippen molar-refractivity contribution in [1.29, 1.82) is 0 Å². The summed E-state index contributed by atoms with van der Waals surface area (Å²) in [5.74, 6) is 0. The van der Waals surface area contributed by atoms with Gasteiger partial charge < -0.3 is 0 Å². The summed E-state index contributed by atoms with van der Waals surface area (Å²) in [5, 5.41) is 9.02. The Morgan fingerprint density at radius 1 is 1.08 bits per heavy atom. The molecule has 0 saturated carbocycles. The summed E-state index contributed by atoms with van der Waals surface area (Å²) in [6, 6.07) is 7.44. The van der Waals surface area contributed by atoms with Crippen LogP contribution in [0.15, 0.2) is 42.0 Å². The number of aromatic nitrogens is 2. The standard InChI is InChI=1S/C4H3ClS.C4H4N2/c5-4-2-1-3-6-4;1-2-4-6-5-3-1/h1-3H;1-4H. The molecular weight excluding hydrogens is 192 g/mol. The highest BCUT2D eigenvalue weighted by atomic mass is 35.5. The lowest BCUT2D eigenvalue weighted by atomic mass is 10.6. The van der Waals surface area contributed by atoms with E-state index in [1.165, 1.54) is 0 Å². The van der Waals surface area contributed by atoms with Gasteiger partial charge in [0.05, 0.1) is 4.34 Å². The third kappa shape index (κ3) is 4.05. The molecule has 2 rings (SSSR count). The van der Waals surface area contributed by atoms with Crippen molar-refractivity contribution in [3.05, 3.63) is 46.4 Å². The van der Waals surface area contributed by atoms with Gasteiger partial charge in [0.1, 0.15) is 0 Å². The maximum absolute atomic E-state index is 5.47. The van der Waals surface area contributed by atoms with Gasteiger partial charge in [-0.2, -0.15) is 10.2 Å². The first-order chi connectivity index (χ1) is 5.89. The Kier molecular flexibility index (Phi) is 4.34. The van der Waals surface area contributed by atoms with E-state index in [-0.39, 0.29) is 0 Å². The third-order valence-electron chi connectivity index (χ3n) is 0.970. The second-order valence-electron chi connectivity index (χ2n) is 1.83. The highest BCUT2D eigenvalue weighted by molar-refractivity contribution is 7.14. The number of halogens is 1. The molecule has 62 valence electrons. The molecule has 0 fully saturated rings. The minimum absolute atomic E-state index is 0.856. The molecule has 2 heterocycles. The predicted molar refractivity (Wildman–Crippen MR) is 51.4 cm³/mol. The summed E-state index contributed by atoms with van der Waals surface area (Å²) in [5.41, 5.74) is 0. The second-order valence-corrected chi connectivity index (χ2v) is 3.41. The van der Waals surface area contributed by atoms with Crippen LogP contribution in [-0.2, 0) is 0 Å². The van der Waals surface area contributed by atoms with Crippen LogP contribution in [0.4, 0.5) is 0 Å². The minimum atomic E-state index is 0.856. The van der Waals surface area contributed by atoms with Crippen LogP contribution in [0, 0.1) is 0 Å². The topological polar surface area (TPSA) is 25.8 Å². The lowest BCUT2D eigenvalue weighted by Gasteiger charge is -1.69. The first-order valence-electron chi connectivity index (χ1n) is 3.30. The van der Waals surface area contributed by atoms with Gasteiger partial charge in [-0.05, 0) is 29.6 Å². The molecule has 0 spiro atoms. The lowest BCUT2D eigenvalue weighted by molar-refractivity contribution is 1.03. The molecule has 0 aromatic carbocycles. The summed E-state index contributed by atoms with van der Waals surface area (Å²) >= 11 is 7.02. The quantitative estimate of drug-likeness (QED) is 0.651. The van der Waals surface area contributed by atoms with Gasteiger partial charge in [0.15, 0.2) is 0 Å². The van der Waals surface area contributed by atoms with Gasteiger partial charge in [0.25, 0.3) is 0 Å². The Morgan fingerprint density at radius 2 is 1.75 bits per heavy atom. The van der Waals surface area contributed by atoms with Gasteiger partial charge in [-0.3, -0.25) is 0 Å². The fraction of sp³-hybridized carbons (Fsp3) is 0. The van der Waals surface area contributed by atoms with Crippen LogP contribution in [0.25, 0.3) is 0 Å². The largest absolute Gasteiger partial charge is 0.159 e. The molecule has 0 aliphatic rings. The predicted octanol–water partition coefficient (Wildman–Crippen LogP) is 2.88. The second kappa shape index (κ2) is 5.69. The monoisotopic (exact) mass is 198 g/mol. The fourth-order valence-corrected chi connectivity index (χ4v) is 1.18. The van der Waals surface area contributed by atoms with Gasteiger partial charge >= 0.3 is 0 Å². The van der Waals surface area contributed by atoms with E-state index >= 15 is 0 Å². The van der Waals surface area contributed by atoms with E-state index in [1.807, 2.05) is 29.6 Å². The van der Waals surface area contributed by atoms with Crippen LogP contribution in [0.3, 0.4) is 0 Å². The fourth-order valence-electron chi connectivity index (χ4n) is 0.512. The Hall–Kier alpha value is -0.930. The lowest BCUT2D eigenvalue weighted by Crippen LogP contribution is -1.69. The third-order valence-corrected chi connectivity index (χ3v) is 2.02. The Balaban J connectivity index is 0.000000120. The molecule has 0 aliphatic carbocycles. The molecule has 0 N–H and O–H groups in total. The highest BCUT2D eigenvalue weighted by Gasteiger charge is 1.77. The first kappa shape index (κ1) is 9.16. The van der Waals surface area contributed by atoms with E-state index in [0.29, 0.717) is 0 Å². The SMILES string of the molecule is Clc1cccs1.c1ccnnc1. The number of thiophene rings is 1. The van der Waals surface area contributed by atoms with Crippen molar-refractivity contribution in [2.45, 2.75) is 0 Å². The Morgan fingerprint density at radius 3 is 1.92 bits per heavy atom. The summed E-state index contributed by atoms with van der Waals surface area (Å²) in [6.07, 6.45) is 3.28. The molecular formula is C8H7ClN2S. The summed E-state index contributed by atoms with van der Waals surface area (Å²) in [7, 11) is 0. The van der Waals surface area contributed by atoms with E-state index in [9.17, 15) is 0 Å². The van der Waals surface area contributed by atoms with E-state index in [4.69, 9.17) is 11.6 Å². The smallest absolute Gasteiger partial charge is 0.0928 e. The van der Waals surface area contributed by atoms with Crippen molar-refractivity contribution in [3.63, 3.8) is 0 Å². The van der Waals surface area contributed by atoms with Gasteiger partial charge in [-0.25, -0.2) is 0 Å². The molecule has 0 aliphatic heterocycles. The Labute approximate surface area is 79.8 Å². The summed E-state index contributed by atoms with van der Waals surface area (Å²) in [6.45, 7) is 0. The van der Waals surface area contributed by atoms with Gasteiger partial charge in [0, 0.05) is 12.4 Å². The van der Waals surface area contributed by atoms with E-state index < -0.39 is 0 Å². The molecule has 4 heteroatoms. The van der Waals surface area contributed by atoms with E-state index in [1.54, 1.807) is 23.7 Å². The van der Waals surface area contributed by atoms with Crippen LogP contribution in [0.2, 0.25) is 4.34 Å². The van der Waals surface area contributed by atoms with Crippen molar-refractivity contribution in [2.24, 2.45) is 0 Å². The molecule has 2 nitrogen and oxygen atoms in total. The molecule has 2 aromatic heterocycles. The van der Waals surface area contributed by atoms with Crippen LogP contribution < -0.4 is 0 Å². The number of hydrogen-bond acceptors (Lipinski definition) is 3. The average molecular weight is 199 g/mol. The zero-order chi connectivity index (χ0) is 8.65. The Bertz CT molecular complexity index is 256. The summed E-state index contributed by atoms with van der Waals surface area (Å²) < 4.78 is 0.856. The van der Waals surface area contributed by atoms with Crippen molar-refractivity contribution < 1.29 is 0 Å². The zero-order valence-electron chi connectivity index (χ0n) is 6.22. The van der Waals surface area contributed by atoms with Gasteiger partial charge in [-0.1, -0.05) is 11.6 Å². The normalized spacial score (nSPS) is 8.42. The maximum Gasteiger partial charge on any atom is 0.0928 e.